The Bertz CT molecular complexity index is 397. The van der Waals surface area contributed by atoms with Crippen LogP contribution in [0.1, 0.15) is 29.5 Å². The number of hydrogen-bond acceptors (Lipinski definition) is 2. The van der Waals surface area contributed by atoms with Gasteiger partial charge in [-0.15, -0.1) is 0 Å². The Hall–Kier alpha value is -1.09. The highest BCUT2D eigenvalue weighted by Crippen LogP contribution is 2.28. The third-order valence-corrected chi connectivity index (χ3v) is 3.41. The predicted molar refractivity (Wildman–Crippen MR) is 62.3 cm³/mol. The fourth-order valence-corrected chi connectivity index (χ4v) is 2.34. The van der Waals surface area contributed by atoms with E-state index in [2.05, 4.69) is 5.32 Å². The quantitative estimate of drug-likeness (QED) is 0.807. The lowest BCUT2D eigenvalue weighted by Gasteiger charge is -2.15. The third-order valence-electron chi connectivity index (χ3n) is 3.41. The fourth-order valence-electron chi connectivity index (χ4n) is 2.34. The van der Waals surface area contributed by atoms with Crippen LogP contribution in [0.4, 0.5) is 4.39 Å². The standard InChI is InChI=1S/C13H18FNO/c1-8-6-10(7-11-4-3-5-15-11)9(2)13(16)12(8)14/h6,11,15-16H,3-5,7H2,1-2H3. The van der Waals surface area contributed by atoms with Gasteiger partial charge >= 0.3 is 0 Å². The molecule has 3 heteroatoms. The van der Waals surface area contributed by atoms with E-state index in [1.807, 2.05) is 6.07 Å². The molecule has 2 nitrogen and oxygen atoms in total. The molecule has 88 valence electrons. The van der Waals surface area contributed by atoms with Gasteiger partial charge in [0.25, 0.3) is 0 Å². The number of rotatable bonds is 2. The SMILES string of the molecule is Cc1cc(CC2CCCN2)c(C)c(O)c1F. The summed E-state index contributed by atoms with van der Waals surface area (Å²) >= 11 is 0. The molecule has 0 saturated carbocycles. The van der Waals surface area contributed by atoms with Crippen LogP contribution in [0.2, 0.25) is 0 Å². The minimum atomic E-state index is -0.486. The van der Waals surface area contributed by atoms with Crippen LogP contribution in [0.15, 0.2) is 6.07 Å². The number of nitrogens with one attached hydrogen (secondary N) is 1. The van der Waals surface area contributed by atoms with Crippen molar-refractivity contribution in [2.45, 2.75) is 39.2 Å². The van der Waals surface area contributed by atoms with Crippen molar-refractivity contribution in [3.8, 4) is 5.75 Å². The van der Waals surface area contributed by atoms with Gasteiger partial charge < -0.3 is 10.4 Å². The topological polar surface area (TPSA) is 32.3 Å². The summed E-state index contributed by atoms with van der Waals surface area (Å²) in [5.74, 6) is -0.673. The van der Waals surface area contributed by atoms with Crippen LogP contribution in [-0.4, -0.2) is 17.7 Å². The largest absolute Gasteiger partial charge is 0.505 e. The zero-order chi connectivity index (χ0) is 11.7. The van der Waals surface area contributed by atoms with Crippen LogP contribution in [-0.2, 0) is 6.42 Å². The molecule has 2 rings (SSSR count). The van der Waals surface area contributed by atoms with E-state index in [1.54, 1.807) is 13.8 Å². The van der Waals surface area contributed by atoms with Crippen LogP contribution in [0.3, 0.4) is 0 Å². The highest BCUT2D eigenvalue weighted by molar-refractivity contribution is 5.43. The molecule has 0 aliphatic carbocycles. The van der Waals surface area contributed by atoms with Crippen molar-refractivity contribution in [1.29, 1.82) is 0 Å². The van der Waals surface area contributed by atoms with Gasteiger partial charge in [0, 0.05) is 6.04 Å². The lowest BCUT2D eigenvalue weighted by molar-refractivity contribution is 0.424. The second kappa shape index (κ2) is 4.42. The van der Waals surface area contributed by atoms with Gasteiger partial charge in [0.05, 0.1) is 0 Å². The molecule has 16 heavy (non-hydrogen) atoms. The first kappa shape index (κ1) is 11.4. The molecule has 0 aromatic heterocycles. The molecule has 1 aromatic rings. The van der Waals surface area contributed by atoms with Crippen LogP contribution in [0.25, 0.3) is 0 Å². The number of hydrogen-bond donors (Lipinski definition) is 2. The lowest BCUT2D eigenvalue weighted by atomic mass is 9.97. The van der Waals surface area contributed by atoms with Crippen LogP contribution >= 0.6 is 0 Å². The van der Waals surface area contributed by atoms with Crippen molar-refractivity contribution in [2.24, 2.45) is 0 Å². The summed E-state index contributed by atoms with van der Waals surface area (Å²) in [6, 6.07) is 2.33. The number of halogens is 1. The Kier molecular flexibility index (Phi) is 3.15. The van der Waals surface area contributed by atoms with Crippen molar-refractivity contribution in [2.75, 3.05) is 6.54 Å². The molecule has 0 bridgehead atoms. The molecule has 1 aliphatic rings. The fraction of sp³-hybridized carbons (Fsp3) is 0.538. The van der Waals surface area contributed by atoms with E-state index in [4.69, 9.17) is 0 Å². The summed E-state index contributed by atoms with van der Waals surface area (Å²) < 4.78 is 13.4. The van der Waals surface area contributed by atoms with Gasteiger partial charge in [-0.25, -0.2) is 4.39 Å². The van der Waals surface area contributed by atoms with Crippen molar-refractivity contribution < 1.29 is 9.50 Å². The molecular formula is C13H18FNO. The number of phenols is 1. The summed E-state index contributed by atoms with van der Waals surface area (Å²) in [5, 5.41) is 13.1. The zero-order valence-corrected chi connectivity index (χ0v) is 9.81. The van der Waals surface area contributed by atoms with Crippen LogP contribution in [0.5, 0.6) is 5.75 Å². The molecule has 1 unspecified atom stereocenters. The van der Waals surface area contributed by atoms with Gasteiger partial charge in [-0.1, -0.05) is 6.07 Å². The molecule has 1 heterocycles. The highest BCUT2D eigenvalue weighted by Gasteiger charge is 2.18. The Morgan fingerprint density at radius 3 is 2.88 bits per heavy atom. The second-order valence-electron chi connectivity index (χ2n) is 4.64. The number of benzene rings is 1. The first-order valence-corrected chi connectivity index (χ1v) is 5.80. The van der Waals surface area contributed by atoms with E-state index in [-0.39, 0.29) is 5.75 Å². The number of aryl methyl sites for hydroxylation is 1. The van der Waals surface area contributed by atoms with Crippen LogP contribution in [0, 0.1) is 19.7 Å². The summed E-state index contributed by atoms with van der Waals surface area (Å²) in [6.45, 7) is 4.54. The van der Waals surface area contributed by atoms with Gasteiger partial charge in [0.2, 0.25) is 0 Å². The molecule has 1 aliphatic heterocycles. The maximum Gasteiger partial charge on any atom is 0.167 e. The second-order valence-corrected chi connectivity index (χ2v) is 4.64. The predicted octanol–water partition coefficient (Wildman–Crippen LogP) is 2.44. The average Bonchev–Trinajstić information content (AvgIpc) is 2.76. The molecule has 1 atom stereocenters. The molecule has 0 radical (unpaired) electrons. The van der Waals surface area contributed by atoms with Crippen LogP contribution < -0.4 is 5.32 Å². The van der Waals surface area contributed by atoms with E-state index >= 15 is 0 Å². The monoisotopic (exact) mass is 223 g/mol. The zero-order valence-electron chi connectivity index (χ0n) is 9.81. The molecule has 0 amide bonds. The molecule has 0 spiro atoms. The van der Waals surface area contributed by atoms with Crippen molar-refractivity contribution >= 4 is 0 Å². The highest BCUT2D eigenvalue weighted by atomic mass is 19.1. The lowest BCUT2D eigenvalue weighted by Crippen LogP contribution is -2.24. The van der Waals surface area contributed by atoms with E-state index in [9.17, 15) is 9.50 Å². The smallest absolute Gasteiger partial charge is 0.167 e. The minimum absolute atomic E-state index is 0.187. The Morgan fingerprint density at radius 1 is 1.50 bits per heavy atom. The van der Waals surface area contributed by atoms with Gasteiger partial charge in [-0.2, -0.15) is 0 Å². The van der Waals surface area contributed by atoms with Crippen molar-refractivity contribution in [1.82, 2.24) is 5.32 Å². The molecular weight excluding hydrogens is 205 g/mol. The molecule has 1 saturated heterocycles. The third kappa shape index (κ3) is 2.05. The summed E-state index contributed by atoms with van der Waals surface area (Å²) in [4.78, 5) is 0. The summed E-state index contributed by atoms with van der Waals surface area (Å²) in [6.07, 6.45) is 3.24. The minimum Gasteiger partial charge on any atom is -0.505 e. The first-order chi connectivity index (χ1) is 7.59. The maximum absolute atomic E-state index is 13.4. The van der Waals surface area contributed by atoms with E-state index < -0.39 is 5.82 Å². The van der Waals surface area contributed by atoms with Crippen molar-refractivity contribution in [3.63, 3.8) is 0 Å². The van der Waals surface area contributed by atoms with Gasteiger partial charge in [-0.3, -0.25) is 0 Å². The van der Waals surface area contributed by atoms with Gasteiger partial charge in [0.1, 0.15) is 0 Å². The normalized spacial score (nSPS) is 20.3. The van der Waals surface area contributed by atoms with E-state index in [0.717, 1.165) is 24.9 Å². The Morgan fingerprint density at radius 2 is 2.25 bits per heavy atom. The summed E-state index contributed by atoms with van der Waals surface area (Å²) in [7, 11) is 0. The van der Waals surface area contributed by atoms with Gasteiger partial charge in [0.15, 0.2) is 11.6 Å². The van der Waals surface area contributed by atoms with Crippen molar-refractivity contribution in [3.05, 3.63) is 28.6 Å². The Balaban J connectivity index is 2.26. The number of aromatic hydroxyl groups is 1. The first-order valence-electron chi connectivity index (χ1n) is 5.80. The summed E-state index contributed by atoms with van der Waals surface area (Å²) in [5.41, 5.74) is 2.25. The number of phenolic OH excluding ortho intramolecular Hbond substituents is 1. The molecule has 1 fully saturated rings. The molecule has 1 aromatic carbocycles. The Labute approximate surface area is 95.5 Å². The van der Waals surface area contributed by atoms with E-state index in [0.29, 0.717) is 17.2 Å². The average molecular weight is 223 g/mol. The van der Waals surface area contributed by atoms with Gasteiger partial charge in [-0.05, 0) is 56.3 Å². The maximum atomic E-state index is 13.4. The molecule has 2 N–H and O–H groups in total. The van der Waals surface area contributed by atoms with E-state index in [1.165, 1.54) is 6.42 Å².